The van der Waals surface area contributed by atoms with E-state index in [1.165, 1.54) is 34.5 Å². The number of nitrogens with one attached hydrogen (secondary N) is 2. The molecule has 1 aromatic rings. The van der Waals surface area contributed by atoms with Gasteiger partial charge >= 0.3 is 12.1 Å². The molecule has 2 aliphatic rings. The zero-order valence-corrected chi connectivity index (χ0v) is 19.0. The van der Waals surface area contributed by atoms with Gasteiger partial charge in [-0.3, -0.25) is 19.8 Å². The molecule has 0 aromatic heterocycles. The molecule has 2 fully saturated rings. The predicted octanol–water partition coefficient (Wildman–Crippen LogP) is 2.57. The second-order valence-electron chi connectivity index (χ2n) is 8.66. The number of amides is 3. The quantitative estimate of drug-likeness (QED) is 0.481. The van der Waals surface area contributed by atoms with Crippen molar-refractivity contribution in [3.63, 3.8) is 0 Å². The summed E-state index contributed by atoms with van der Waals surface area (Å²) in [6.45, 7) is 1.88. The standard InChI is InChI=1S/C23H29F3N4O4/c1-29(11-10-18-14-34-13-12-30(18)21(32)16-4-2-3-5-16)20(31)17-8-6-15(7-9-17)19(27)28-22(33)23(24,25)26/h6-9,16,18H,2-5,10-14H2,1H3,(H2,27,28,33). The molecule has 1 unspecified atom stereocenters. The summed E-state index contributed by atoms with van der Waals surface area (Å²) in [5, 5.41) is 9.10. The molecular weight excluding hydrogens is 453 g/mol. The molecule has 3 amide bonds. The highest BCUT2D eigenvalue weighted by atomic mass is 19.4. The molecule has 0 spiro atoms. The summed E-state index contributed by atoms with van der Waals surface area (Å²) in [6.07, 6.45) is -0.521. The van der Waals surface area contributed by atoms with Crippen LogP contribution < -0.4 is 5.32 Å². The summed E-state index contributed by atoms with van der Waals surface area (Å²) in [5.41, 5.74) is 0.331. The Morgan fingerprint density at radius 3 is 2.38 bits per heavy atom. The van der Waals surface area contributed by atoms with E-state index in [1.807, 2.05) is 4.90 Å². The highest BCUT2D eigenvalue weighted by molar-refractivity contribution is 6.08. The van der Waals surface area contributed by atoms with Crippen molar-refractivity contribution in [2.24, 2.45) is 5.92 Å². The molecule has 1 aliphatic heterocycles. The maximum absolute atomic E-state index is 12.9. The molecule has 1 saturated heterocycles. The Labute approximate surface area is 195 Å². The van der Waals surface area contributed by atoms with Gasteiger partial charge in [-0.05, 0) is 31.4 Å². The van der Waals surface area contributed by atoms with Crippen LogP contribution >= 0.6 is 0 Å². The SMILES string of the molecule is CN(CCC1COCCN1C(=O)C1CCCC1)C(=O)c1ccc(C(=N)NC(=O)C(F)(F)F)cc1. The zero-order valence-electron chi connectivity index (χ0n) is 19.0. The molecule has 1 atom stereocenters. The second-order valence-corrected chi connectivity index (χ2v) is 8.66. The Hall–Kier alpha value is -2.95. The smallest absolute Gasteiger partial charge is 0.377 e. The van der Waals surface area contributed by atoms with Crippen LogP contribution in [0.5, 0.6) is 0 Å². The molecule has 11 heteroatoms. The van der Waals surface area contributed by atoms with Crippen molar-refractivity contribution in [2.75, 3.05) is 33.4 Å². The van der Waals surface area contributed by atoms with Crippen LogP contribution in [0.1, 0.15) is 48.0 Å². The van der Waals surface area contributed by atoms with Crippen molar-refractivity contribution in [2.45, 2.75) is 44.3 Å². The van der Waals surface area contributed by atoms with Gasteiger partial charge in [-0.2, -0.15) is 13.2 Å². The van der Waals surface area contributed by atoms with E-state index < -0.39 is 17.9 Å². The van der Waals surface area contributed by atoms with Crippen molar-refractivity contribution < 1.29 is 32.3 Å². The van der Waals surface area contributed by atoms with Gasteiger partial charge in [0.1, 0.15) is 5.84 Å². The Bertz CT molecular complexity index is 914. The number of amidine groups is 1. The number of alkyl halides is 3. The van der Waals surface area contributed by atoms with Gasteiger partial charge in [0.25, 0.3) is 5.91 Å². The van der Waals surface area contributed by atoms with Crippen molar-refractivity contribution in [3.05, 3.63) is 35.4 Å². The van der Waals surface area contributed by atoms with Gasteiger partial charge in [0.2, 0.25) is 5.91 Å². The van der Waals surface area contributed by atoms with Crippen LogP contribution in [0.3, 0.4) is 0 Å². The lowest BCUT2D eigenvalue weighted by Gasteiger charge is -2.38. The lowest BCUT2D eigenvalue weighted by molar-refractivity contribution is -0.171. The van der Waals surface area contributed by atoms with Crippen LogP contribution in [0.2, 0.25) is 0 Å². The zero-order chi connectivity index (χ0) is 24.9. The molecule has 1 aromatic carbocycles. The third-order valence-corrected chi connectivity index (χ3v) is 6.28. The summed E-state index contributed by atoms with van der Waals surface area (Å²) in [4.78, 5) is 40.1. The molecule has 3 rings (SSSR count). The minimum absolute atomic E-state index is 0.0391. The largest absolute Gasteiger partial charge is 0.471 e. The molecule has 2 N–H and O–H groups in total. The molecule has 1 heterocycles. The number of ether oxygens (including phenoxy) is 1. The van der Waals surface area contributed by atoms with E-state index in [1.54, 1.807) is 7.05 Å². The first-order chi connectivity index (χ1) is 16.1. The number of halogens is 3. The summed E-state index contributed by atoms with van der Waals surface area (Å²) >= 11 is 0. The van der Waals surface area contributed by atoms with E-state index in [4.69, 9.17) is 10.1 Å². The molecule has 0 radical (unpaired) electrons. The van der Waals surface area contributed by atoms with Crippen molar-refractivity contribution in [1.29, 1.82) is 5.41 Å². The average Bonchev–Trinajstić information content (AvgIpc) is 3.36. The fraction of sp³-hybridized carbons (Fsp3) is 0.565. The minimum Gasteiger partial charge on any atom is -0.377 e. The maximum Gasteiger partial charge on any atom is 0.471 e. The first-order valence-corrected chi connectivity index (χ1v) is 11.3. The summed E-state index contributed by atoms with van der Waals surface area (Å²) in [7, 11) is 1.63. The number of morpholine rings is 1. The number of nitrogens with zero attached hydrogens (tertiary/aromatic N) is 2. The van der Waals surface area contributed by atoms with E-state index in [0.717, 1.165) is 25.7 Å². The monoisotopic (exact) mass is 482 g/mol. The van der Waals surface area contributed by atoms with Gasteiger partial charge in [-0.25, -0.2) is 0 Å². The Balaban J connectivity index is 1.55. The number of hydrogen-bond donors (Lipinski definition) is 2. The van der Waals surface area contributed by atoms with E-state index in [-0.39, 0.29) is 29.3 Å². The van der Waals surface area contributed by atoms with E-state index >= 15 is 0 Å². The van der Waals surface area contributed by atoms with Crippen LogP contribution in [0.15, 0.2) is 24.3 Å². The van der Waals surface area contributed by atoms with Gasteiger partial charge in [-0.1, -0.05) is 25.0 Å². The number of carbonyl (C=O) groups is 3. The first-order valence-electron chi connectivity index (χ1n) is 11.3. The Kier molecular flexibility index (Phi) is 8.29. The van der Waals surface area contributed by atoms with Gasteiger partial charge in [0, 0.05) is 37.2 Å². The van der Waals surface area contributed by atoms with E-state index in [2.05, 4.69) is 0 Å². The summed E-state index contributed by atoms with van der Waals surface area (Å²) in [5.74, 6) is -2.99. The number of benzene rings is 1. The minimum atomic E-state index is -5.09. The topological polar surface area (TPSA) is 103 Å². The van der Waals surface area contributed by atoms with Gasteiger partial charge < -0.3 is 19.9 Å². The maximum atomic E-state index is 12.9. The summed E-state index contributed by atoms with van der Waals surface area (Å²) in [6, 6.07) is 5.29. The molecule has 0 bridgehead atoms. The number of rotatable bonds is 6. The average molecular weight is 483 g/mol. The van der Waals surface area contributed by atoms with Gasteiger partial charge in [-0.15, -0.1) is 0 Å². The van der Waals surface area contributed by atoms with Crippen LogP contribution in [0.25, 0.3) is 0 Å². The van der Waals surface area contributed by atoms with E-state index in [0.29, 0.717) is 38.3 Å². The lowest BCUT2D eigenvalue weighted by Crippen LogP contribution is -2.51. The fourth-order valence-corrected chi connectivity index (χ4v) is 4.29. The summed E-state index contributed by atoms with van der Waals surface area (Å²) < 4.78 is 42.6. The van der Waals surface area contributed by atoms with Crippen LogP contribution in [0, 0.1) is 11.3 Å². The molecular formula is C23H29F3N4O4. The second kappa shape index (κ2) is 11.0. The van der Waals surface area contributed by atoms with Crippen LogP contribution in [-0.4, -0.2) is 78.9 Å². The van der Waals surface area contributed by atoms with Crippen molar-refractivity contribution in [1.82, 2.24) is 15.1 Å². The highest BCUT2D eigenvalue weighted by Gasteiger charge is 2.39. The molecule has 186 valence electrons. The van der Waals surface area contributed by atoms with Gasteiger partial charge in [0.05, 0.1) is 19.3 Å². The predicted molar refractivity (Wildman–Crippen MR) is 117 cm³/mol. The van der Waals surface area contributed by atoms with Gasteiger partial charge in [0.15, 0.2) is 0 Å². The first kappa shape index (κ1) is 25.7. The van der Waals surface area contributed by atoms with E-state index in [9.17, 15) is 27.6 Å². The Morgan fingerprint density at radius 2 is 1.76 bits per heavy atom. The lowest BCUT2D eigenvalue weighted by atomic mass is 10.0. The molecule has 34 heavy (non-hydrogen) atoms. The normalized spacial score (nSPS) is 19.1. The highest BCUT2D eigenvalue weighted by Crippen LogP contribution is 2.28. The van der Waals surface area contributed by atoms with Crippen LogP contribution in [0.4, 0.5) is 13.2 Å². The number of carbonyl (C=O) groups excluding carboxylic acids is 3. The van der Waals surface area contributed by atoms with Crippen molar-refractivity contribution in [3.8, 4) is 0 Å². The number of hydrogen-bond acceptors (Lipinski definition) is 5. The van der Waals surface area contributed by atoms with Crippen molar-refractivity contribution >= 4 is 23.6 Å². The molecule has 1 aliphatic carbocycles. The Morgan fingerprint density at radius 1 is 1.15 bits per heavy atom. The third-order valence-electron chi connectivity index (χ3n) is 6.28. The molecule has 1 saturated carbocycles. The molecule has 8 nitrogen and oxygen atoms in total. The van der Waals surface area contributed by atoms with Crippen LogP contribution in [-0.2, 0) is 14.3 Å². The fourth-order valence-electron chi connectivity index (χ4n) is 4.29. The third kappa shape index (κ3) is 6.34.